The predicted molar refractivity (Wildman–Crippen MR) is 95.7 cm³/mol. The Morgan fingerprint density at radius 1 is 1.12 bits per heavy atom. The molecule has 0 saturated heterocycles. The number of benzene rings is 1. The molecule has 1 aromatic heterocycles. The molecule has 1 unspecified atom stereocenters. The highest BCUT2D eigenvalue weighted by atomic mass is 35.5. The molecule has 0 spiro atoms. The summed E-state index contributed by atoms with van der Waals surface area (Å²) in [6.45, 7) is 4.27. The van der Waals surface area contributed by atoms with Crippen LogP contribution in [0.5, 0.6) is 0 Å². The van der Waals surface area contributed by atoms with Crippen LogP contribution in [0.15, 0.2) is 48.6 Å². The second kappa shape index (κ2) is 8.50. The van der Waals surface area contributed by atoms with Crippen molar-refractivity contribution in [2.24, 2.45) is 0 Å². The van der Waals surface area contributed by atoms with E-state index in [1.807, 2.05) is 12.1 Å². The number of rotatable bonds is 3. The molecule has 1 aromatic carbocycles. The monoisotopic (exact) mass is 362 g/mol. The first kappa shape index (κ1) is 18.8. The average Bonchev–Trinajstić information content (AvgIpc) is 3.00. The highest BCUT2D eigenvalue weighted by molar-refractivity contribution is 6.30. The Kier molecular flexibility index (Phi) is 6.38. The third-order valence-electron chi connectivity index (χ3n) is 3.75. The fourth-order valence-corrected chi connectivity index (χ4v) is 2.75. The Morgan fingerprint density at radius 3 is 2.28 bits per heavy atom. The Balaban J connectivity index is 0.000000242. The van der Waals surface area contributed by atoms with Crippen LogP contribution >= 0.6 is 11.6 Å². The maximum Gasteiger partial charge on any atom is 0.328 e. The predicted octanol–water partition coefficient (Wildman–Crippen LogP) is 3.18. The first-order valence-corrected chi connectivity index (χ1v) is 8.09. The zero-order valence-electron chi connectivity index (χ0n) is 13.6. The van der Waals surface area contributed by atoms with Gasteiger partial charge in [-0.25, -0.2) is 9.59 Å². The summed E-state index contributed by atoms with van der Waals surface area (Å²) in [6.07, 6.45) is 1.12. The summed E-state index contributed by atoms with van der Waals surface area (Å²) < 4.78 is 2.39. The largest absolute Gasteiger partial charge is 0.478 e. The van der Waals surface area contributed by atoms with Gasteiger partial charge in [0, 0.05) is 47.7 Å². The lowest BCUT2D eigenvalue weighted by molar-refractivity contribution is -0.134. The maximum absolute atomic E-state index is 9.55. The van der Waals surface area contributed by atoms with Gasteiger partial charge in [0.1, 0.15) is 0 Å². The minimum atomic E-state index is -1.26. The van der Waals surface area contributed by atoms with E-state index in [2.05, 4.69) is 41.1 Å². The third-order valence-corrected chi connectivity index (χ3v) is 4.00. The summed E-state index contributed by atoms with van der Waals surface area (Å²) in [4.78, 5) is 19.1. The van der Waals surface area contributed by atoms with Crippen LogP contribution in [0.1, 0.15) is 18.7 Å². The SMILES string of the molecule is CC1NCCn2c(-c3ccc(Cl)cc3)ccc21.O=C(O)C=CC(=O)O. The summed E-state index contributed by atoms with van der Waals surface area (Å²) in [6, 6.07) is 12.9. The molecule has 3 N–H and O–H groups in total. The molecule has 0 saturated carbocycles. The van der Waals surface area contributed by atoms with Crippen LogP contribution in [-0.4, -0.2) is 33.3 Å². The van der Waals surface area contributed by atoms with Gasteiger partial charge in [0.2, 0.25) is 0 Å². The van der Waals surface area contributed by atoms with Crippen molar-refractivity contribution in [1.82, 2.24) is 9.88 Å². The number of halogens is 1. The van der Waals surface area contributed by atoms with Crippen molar-refractivity contribution in [3.63, 3.8) is 0 Å². The van der Waals surface area contributed by atoms with Crippen LogP contribution in [0.4, 0.5) is 0 Å². The van der Waals surface area contributed by atoms with E-state index < -0.39 is 11.9 Å². The van der Waals surface area contributed by atoms with E-state index in [0.29, 0.717) is 18.2 Å². The average molecular weight is 363 g/mol. The van der Waals surface area contributed by atoms with Gasteiger partial charge >= 0.3 is 11.9 Å². The Labute approximate surface area is 150 Å². The molecule has 1 atom stereocenters. The topological polar surface area (TPSA) is 91.6 Å². The molecular formula is C18H19ClN2O4. The fourth-order valence-electron chi connectivity index (χ4n) is 2.62. The number of aromatic nitrogens is 1. The Morgan fingerprint density at radius 2 is 1.72 bits per heavy atom. The van der Waals surface area contributed by atoms with E-state index in [-0.39, 0.29) is 0 Å². The van der Waals surface area contributed by atoms with Gasteiger partial charge in [-0.05, 0) is 36.8 Å². The van der Waals surface area contributed by atoms with Crippen LogP contribution < -0.4 is 5.32 Å². The Bertz CT molecular complexity index is 765. The van der Waals surface area contributed by atoms with Gasteiger partial charge < -0.3 is 20.1 Å². The van der Waals surface area contributed by atoms with Crippen molar-refractivity contribution in [3.05, 3.63) is 59.3 Å². The van der Waals surface area contributed by atoms with Crippen LogP contribution in [-0.2, 0) is 16.1 Å². The first-order chi connectivity index (χ1) is 11.9. The third kappa shape index (κ3) is 5.20. The molecular weight excluding hydrogens is 344 g/mol. The number of nitrogens with zero attached hydrogens (tertiary/aromatic N) is 1. The summed E-state index contributed by atoms with van der Waals surface area (Å²) >= 11 is 5.92. The molecule has 6 nitrogen and oxygen atoms in total. The van der Waals surface area contributed by atoms with Gasteiger partial charge in [-0.15, -0.1) is 0 Å². The molecule has 2 aromatic rings. The zero-order chi connectivity index (χ0) is 18.4. The lowest BCUT2D eigenvalue weighted by atomic mass is 10.1. The number of nitrogens with one attached hydrogen (secondary N) is 1. The molecule has 7 heteroatoms. The lowest BCUT2D eigenvalue weighted by Gasteiger charge is -2.25. The molecule has 0 aliphatic carbocycles. The number of carbonyl (C=O) groups is 2. The molecule has 0 bridgehead atoms. The van der Waals surface area contributed by atoms with Crippen molar-refractivity contribution in [3.8, 4) is 11.3 Å². The van der Waals surface area contributed by atoms with Crippen molar-refractivity contribution in [2.45, 2.75) is 19.5 Å². The van der Waals surface area contributed by atoms with Gasteiger partial charge in [0.05, 0.1) is 0 Å². The van der Waals surface area contributed by atoms with Crippen molar-refractivity contribution in [1.29, 1.82) is 0 Å². The fraction of sp³-hybridized carbons (Fsp3) is 0.222. The molecule has 0 amide bonds. The van der Waals surface area contributed by atoms with Crippen molar-refractivity contribution < 1.29 is 19.8 Å². The molecule has 1 aliphatic heterocycles. The van der Waals surface area contributed by atoms with E-state index in [1.165, 1.54) is 17.0 Å². The van der Waals surface area contributed by atoms with Crippen LogP contribution in [0, 0.1) is 0 Å². The molecule has 3 rings (SSSR count). The second-order valence-electron chi connectivity index (χ2n) is 5.49. The molecule has 0 fully saturated rings. The number of carboxylic acid groups (broad SMARTS) is 2. The van der Waals surface area contributed by atoms with Crippen LogP contribution in [0.2, 0.25) is 5.02 Å². The summed E-state index contributed by atoms with van der Waals surface area (Å²) in [5.41, 5.74) is 3.88. The summed E-state index contributed by atoms with van der Waals surface area (Å²) in [5, 5.41) is 19.9. The van der Waals surface area contributed by atoms with Gasteiger partial charge in [-0.1, -0.05) is 23.7 Å². The highest BCUT2D eigenvalue weighted by Crippen LogP contribution is 2.28. The van der Waals surface area contributed by atoms with Crippen molar-refractivity contribution >= 4 is 23.5 Å². The number of carboxylic acids is 2. The van der Waals surface area contributed by atoms with Gasteiger partial charge in [0.25, 0.3) is 0 Å². The molecule has 2 heterocycles. The van der Waals surface area contributed by atoms with E-state index >= 15 is 0 Å². The Hall–Kier alpha value is -2.57. The smallest absolute Gasteiger partial charge is 0.328 e. The van der Waals surface area contributed by atoms with E-state index in [9.17, 15) is 9.59 Å². The minimum Gasteiger partial charge on any atom is -0.478 e. The molecule has 1 aliphatic rings. The minimum absolute atomic E-state index is 0.435. The summed E-state index contributed by atoms with van der Waals surface area (Å²) in [5.74, 6) is -2.51. The van der Waals surface area contributed by atoms with Crippen LogP contribution in [0.25, 0.3) is 11.3 Å². The maximum atomic E-state index is 9.55. The lowest BCUT2D eigenvalue weighted by Crippen LogP contribution is -2.31. The van der Waals surface area contributed by atoms with Gasteiger partial charge in [-0.3, -0.25) is 0 Å². The normalized spacial score (nSPS) is 16.0. The highest BCUT2D eigenvalue weighted by Gasteiger charge is 2.18. The molecule has 25 heavy (non-hydrogen) atoms. The zero-order valence-corrected chi connectivity index (χ0v) is 14.4. The number of hydrogen-bond acceptors (Lipinski definition) is 3. The first-order valence-electron chi connectivity index (χ1n) is 7.71. The standard InChI is InChI=1S/C14H15ClN2.C4H4O4/c1-10-13-6-7-14(17(13)9-8-16-10)11-2-4-12(15)5-3-11;5-3(6)1-2-4(7)8/h2-7,10,16H,8-9H2,1H3;1-2H,(H,5,6)(H,7,8). The van der Waals surface area contributed by atoms with Gasteiger partial charge in [-0.2, -0.15) is 0 Å². The number of aliphatic carboxylic acids is 2. The molecule has 132 valence electrons. The number of fused-ring (bicyclic) bond motifs is 1. The van der Waals surface area contributed by atoms with Crippen LogP contribution in [0.3, 0.4) is 0 Å². The number of hydrogen-bond donors (Lipinski definition) is 3. The van der Waals surface area contributed by atoms with E-state index in [1.54, 1.807) is 0 Å². The quantitative estimate of drug-likeness (QED) is 0.729. The molecule has 0 radical (unpaired) electrons. The second-order valence-corrected chi connectivity index (χ2v) is 5.92. The van der Waals surface area contributed by atoms with E-state index in [0.717, 1.165) is 18.1 Å². The van der Waals surface area contributed by atoms with Gasteiger partial charge in [0.15, 0.2) is 0 Å². The van der Waals surface area contributed by atoms with E-state index in [4.69, 9.17) is 21.8 Å². The van der Waals surface area contributed by atoms with Crippen molar-refractivity contribution in [2.75, 3.05) is 6.54 Å². The summed E-state index contributed by atoms with van der Waals surface area (Å²) in [7, 11) is 0.